The molecule has 1 aliphatic heterocycles. The first-order chi connectivity index (χ1) is 12.1. The second kappa shape index (κ2) is 8.68. The molecule has 3 atom stereocenters. The second-order valence-electron chi connectivity index (χ2n) is 7.29. The third-order valence-electron chi connectivity index (χ3n) is 5.26. The molecule has 0 radical (unpaired) electrons. The van der Waals surface area contributed by atoms with Gasteiger partial charge in [-0.25, -0.2) is 0 Å². The van der Waals surface area contributed by atoms with E-state index in [9.17, 15) is 9.90 Å². The Morgan fingerprint density at radius 3 is 2.96 bits per heavy atom. The van der Waals surface area contributed by atoms with Gasteiger partial charge < -0.3 is 20.1 Å². The lowest BCUT2D eigenvalue weighted by molar-refractivity contribution is -0.127. The summed E-state index contributed by atoms with van der Waals surface area (Å²) in [5.74, 6) is 1.11. The molecule has 1 saturated heterocycles. The quantitative estimate of drug-likeness (QED) is 0.744. The maximum absolute atomic E-state index is 11.6. The Kier molecular flexibility index (Phi) is 6.32. The van der Waals surface area contributed by atoms with Crippen LogP contribution in [0.25, 0.3) is 0 Å². The van der Waals surface area contributed by atoms with E-state index in [-0.39, 0.29) is 18.1 Å². The average molecular weight is 346 g/mol. The molecule has 1 aromatic carbocycles. The average Bonchev–Trinajstić information content (AvgIpc) is 3.00. The number of nitrogens with zero attached hydrogens (tertiary/aromatic N) is 1. The van der Waals surface area contributed by atoms with Crippen molar-refractivity contribution in [2.24, 2.45) is 0 Å². The summed E-state index contributed by atoms with van der Waals surface area (Å²) in [6.07, 6.45) is 4.87. The Morgan fingerprint density at radius 2 is 2.20 bits per heavy atom. The molecule has 1 aliphatic carbocycles. The van der Waals surface area contributed by atoms with Crippen LogP contribution in [0.2, 0.25) is 0 Å². The number of benzene rings is 1. The van der Waals surface area contributed by atoms with Gasteiger partial charge in [-0.05, 0) is 63.3 Å². The topological polar surface area (TPSA) is 61.8 Å². The summed E-state index contributed by atoms with van der Waals surface area (Å²) >= 11 is 0. The number of rotatable bonds is 7. The number of nitrogens with one attached hydrogen (secondary N) is 1. The molecule has 0 spiro atoms. The van der Waals surface area contributed by atoms with Crippen molar-refractivity contribution >= 4 is 5.91 Å². The van der Waals surface area contributed by atoms with Gasteiger partial charge in [-0.15, -0.1) is 0 Å². The Balaban J connectivity index is 1.43. The first kappa shape index (κ1) is 18.2. The van der Waals surface area contributed by atoms with Crippen LogP contribution in [0, 0.1) is 6.92 Å². The van der Waals surface area contributed by atoms with Crippen LogP contribution in [-0.2, 0) is 4.79 Å². The third kappa shape index (κ3) is 4.95. The molecule has 5 heteroatoms. The number of hydrogen-bond donors (Lipinski definition) is 2. The number of likely N-dealkylation sites (tertiary alicyclic amines) is 1. The fraction of sp³-hybridized carbons (Fsp3) is 0.650. The minimum absolute atomic E-state index is 0.0674. The maximum Gasteiger partial charge on any atom is 0.222 e. The smallest absolute Gasteiger partial charge is 0.222 e. The van der Waals surface area contributed by atoms with Crippen LogP contribution in [0.5, 0.6) is 5.75 Å². The van der Waals surface area contributed by atoms with Gasteiger partial charge in [-0.2, -0.15) is 0 Å². The highest BCUT2D eigenvalue weighted by Gasteiger charge is 2.33. The van der Waals surface area contributed by atoms with E-state index in [1.807, 2.05) is 36.1 Å². The molecule has 1 heterocycles. The van der Waals surface area contributed by atoms with Crippen LogP contribution < -0.4 is 10.1 Å². The fourth-order valence-electron chi connectivity index (χ4n) is 3.85. The molecule has 25 heavy (non-hydrogen) atoms. The van der Waals surface area contributed by atoms with Gasteiger partial charge in [0.25, 0.3) is 0 Å². The number of hydrogen-bond acceptors (Lipinski definition) is 4. The van der Waals surface area contributed by atoms with E-state index >= 15 is 0 Å². The summed E-state index contributed by atoms with van der Waals surface area (Å²) in [5, 5.41) is 14.1. The summed E-state index contributed by atoms with van der Waals surface area (Å²) in [6, 6.07) is 8.05. The second-order valence-corrected chi connectivity index (χ2v) is 7.29. The highest BCUT2D eigenvalue weighted by molar-refractivity contribution is 5.77. The number of amides is 1. The van der Waals surface area contributed by atoms with Gasteiger partial charge in [0.2, 0.25) is 5.91 Å². The lowest BCUT2D eigenvalue weighted by Crippen LogP contribution is -2.51. The molecule has 3 rings (SSSR count). The SMILES string of the molecule is Cc1cccc(O[C@@H]2CCC[C@H](NCCCN3CCCC3=O)[C@H]2O)c1. The monoisotopic (exact) mass is 346 g/mol. The van der Waals surface area contributed by atoms with E-state index in [4.69, 9.17) is 4.74 Å². The van der Waals surface area contributed by atoms with Crippen molar-refractivity contribution < 1.29 is 14.6 Å². The minimum atomic E-state index is -0.498. The van der Waals surface area contributed by atoms with Gasteiger partial charge in [0.05, 0.1) is 0 Å². The lowest BCUT2D eigenvalue weighted by atomic mass is 9.89. The Labute approximate surface area is 150 Å². The van der Waals surface area contributed by atoms with E-state index in [0.29, 0.717) is 6.42 Å². The van der Waals surface area contributed by atoms with Gasteiger partial charge >= 0.3 is 0 Å². The Bertz CT molecular complexity index is 578. The minimum Gasteiger partial charge on any atom is -0.488 e. The number of carbonyl (C=O) groups is 1. The summed E-state index contributed by atoms with van der Waals surface area (Å²) in [6.45, 7) is 4.58. The molecule has 2 aliphatic rings. The lowest BCUT2D eigenvalue weighted by Gasteiger charge is -2.35. The fourth-order valence-corrected chi connectivity index (χ4v) is 3.85. The van der Waals surface area contributed by atoms with Gasteiger partial charge in [-0.3, -0.25) is 4.79 Å². The normalized spacial score (nSPS) is 26.9. The molecule has 138 valence electrons. The summed E-state index contributed by atoms with van der Waals surface area (Å²) in [4.78, 5) is 13.6. The van der Waals surface area contributed by atoms with Crippen molar-refractivity contribution in [2.75, 3.05) is 19.6 Å². The van der Waals surface area contributed by atoms with E-state index in [1.54, 1.807) is 0 Å². The molecule has 1 aromatic rings. The van der Waals surface area contributed by atoms with Crippen LogP contribution in [0.4, 0.5) is 0 Å². The largest absolute Gasteiger partial charge is 0.488 e. The standard InChI is InChI=1S/C20H30N2O3/c1-15-6-2-7-16(14-15)25-18-9-3-8-17(20(18)24)21-11-5-13-22-12-4-10-19(22)23/h2,6-7,14,17-18,20-21,24H,3-5,8-13H2,1H3/t17-,18+,20+/m0/s1. The van der Waals surface area contributed by atoms with Crippen LogP contribution in [0.15, 0.2) is 24.3 Å². The maximum atomic E-state index is 11.6. The van der Waals surface area contributed by atoms with Crippen LogP contribution in [-0.4, -0.2) is 53.8 Å². The zero-order chi connectivity index (χ0) is 17.6. The first-order valence-corrected chi connectivity index (χ1v) is 9.56. The van der Waals surface area contributed by atoms with Gasteiger partial charge in [-0.1, -0.05) is 12.1 Å². The van der Waals surface area contributed by atoms with Crippen LogP contribution >= 0.6 is 0 Å². The van der Waals surface area contributed by atoms with Crippen LogP contribution in [0.3, 0.4) is 0 Å². The summed E-state index contributed by atoms with van der Waals surface area (Å²) in [5.41, 5.74) is 1.16. The molecule has 0 aromatic heterocycles. The molecule has 1 amide bonds. The molecular weight excluding hydrogens is 316 g/mol. The number of ether oxygens (including phenoxy) is 1. The van der Waals surface area contributed by atoms with Crippen molar-refractivity contribution in [3.8, 4) is 5.75 Å². The number of aliphatic hydroxyl groups excluding tert-OH is 1. The van der Waals surface area contributed by atoms with E-state index < -0.39 is 6.10 Å². The molecular formula is C20H30N2O3. The molecule has 2 N–H and O–H groups in total. The van der Waals surface area contributed by atoms with Crippen molar-refractivity contribution in [1.29, 1.82) is 0 Å². The molecule has 5 nitrogen and oxygen atoms in total. The van der Waals surface area contributed by atoms with Gasteiger partial charge in [0.1, 0.15) is 18.0 Å². The molecule has 0 unspecified atom stereocenters. The zero-order valence-corrected chi connectivity index (χ0v) is 15.1. The molecule has 0 bridgehead atoms. The predicted octanol–water partition coefficient (Wildman–Crippen LogP) is 2.26. The summed E-state index contributed by atoms with van der Waals surface area (Å²) in [7, 11) is 0. The Morgan fingerprint density at radius 1 is 1.32 bits per heavy atom. The highest BCUT2D eigenvalue weighted by Crippen LogP contribution is 2.25. The predicted molar refractivity (Wildman–Crippen MR) is 97.7 cm³/mol. The number of carbonyl (C=O) groups excluding carboxylic acids is 1. The third-order valence-corrected chi connectivity index (χ3v) is 5.26. The summed E-state index contributed by atoms with van der Waals surface area (Å²) < 4.78 is 6.04. The van der Waals surface area contributed by atoms with Gasteiger partial charge in [0.15, 0.2) is 0 Å². The first-order valence-electron chi connectivity index (χ1n) is 9.56. The van der Waals surface area contributed by atoms with Crippen molar-refractivity contribution in [3.05, 3.63) is 29.8 Å². The molecule has 2 fully saturated rings. The van der Waals surface area contributed by atoms with Gasteiger partial charge in [0, 0.05) is 25.6 Å². The van der Waals surface area contributed by atoms with E-state index in [2.05, 4.69) is 5.32 Å². The van der Waals surface area contributed by atoms with Crippen molar-refractivity contribution in [2.45, 2.75) is 63.7 Å². The molecule has 1 saturated carbocycles. The highest BCUT2D eigenvalue weighted by atomic mass is 16.5. The van der Waals surface area contributed by atoms with E-state index in [1.165, 1.54) is 0 Å². The Hall–Kier alpha value is -1.59. The van der Waals surface area contributed by atoms with E-state index in [0.717, 1.165) is 63.1 Å². The zero-order valence-electron chi connectivity index (χ0n) is 15.1. The number of aliphatic hydroxyl groups is 1. The van der Waals surface area contributed by atoms with Crippen molar-refractivity contribution in [1.82, 2.24) is 10.2 Å². The van der Waals surface area contributed by atoms with Crippen LogP contribution in [0.1, 0.15) is 44.1 Å². The van der Waals surface area contributed by atoms with Crippen molar-refractivity contribution in [3.63, 3.8) is 0 Å². The number of aryl methyl sites for hydroxylation is 1.